The molecule has 3 heteroatoms. The van der Waals surface area contributed by atoms with Crippen molar-refractivity contribution in [3.8, 4) is 0 Å². The maximum Gasteiger partial charge on any atom is 1.00 e. The minimum Gasteiger partial charge on any atom is -0.308 e. The summed E-state index contributed by atoms with van der Waals surface area (Å²) in [7, 11) is 0.543. The molecule has 0 N–H and O–H groups in total. The number of hydrogen-bond donors (Lipinski definition) is 0. The van der Waals surface area contributed by atoms with Crippen molar-refractivity contribution in [2.75, 3.05) is 12.3 Å². The van der Waals surface area contributed by atoms with E-state index < -0.39 is 0 Å². The second-order valence-corrected chi connectivity index (χ2v) is 17.1. The van der Waals surface area contributed by atoms with Crippen molar-refractivity contribution < 1.29 is 58.2 Å². The zero-order chi connectivity index (χ0) is 20.6. The molecule has 4 fully saturated rings. The largest absolute Gasteiger partial charge is 1.00 e. The van der Waals surface area contributed by atoms with E-state index in [9.17, 15) is 0 Å². The average molecular weight is 535 g/mol. The summed E-state index contributed by atoms with van der Waals surface area (Å²) in [5, 5.41) is 0. The van der Waals surface area contributed by atoms with E-state index in [1.54, 1.807) is 115 Å². The van der Waals surface area contributed by atoms with Crippen LogP contribution in [0.4, 0.5) is 0 Å². The third-order valence-corrected chi connectivity index (χ3v) is 16.7. The summed E-state index contributed by atoms with van der Waals surface area (Å²) >= 11 is 0. The first-order valence-electron chi connectivity index (χ1n) is 14.1. The molecule has 0 bridgehead atoms. The first-order chi connectivity index (χ1) is 14.8. The van der Waals surface area contributed by atoms with Gasteiger partial charge < -0.3 is 5.92 Å². The molecule has 0 atom stereocenters. The van der Waals surface area contributed by atoms with Gasteiger partial charge in [0.2, 0.25) is 0 Å². The summed E-state index contributed by atoms with van der Waals surface area (Å²) in [5.41, 5.74) is 4.56. The Bertz CT molecular complexity index is 382. The third kappa shape index (κ3) is 8.93. The minimum absolute atomic E-state index is 0. The average Bonchev–Trinajstić information content (AvgIpc) is 2.83. The normalized spacial score (nSPS) is 25.9. The van der Waals surface area contributed by atoms with Crippen LogP contribution in [0.5, 0.6) is 0 Å². The van der Waals surface area contributed by atoms with Crippen LogP contribution in [0, 0.1) is 5.92 Å². The molecule has 0 aromatic heterocycles. The predicted octanol–water partition coefficient (Wildman–Crippen LogP) is 6.88. The fraction of sp³-hybridized carbons (Fsp3) is 0.964. The smallest absolute Gasteiger partial charge is 0.308 e. The van der Waals surface area contributed by atoms with E-state index in [2.05, 4.69) is 6.92 Å². The van der Waals surface area contributed by atoms with Crippen LogP contribution in [-0.2, 0) is 0 Å². The molecule has 0 saturated heterocycles. The quantitative estimate of drug-likeness (QED) is 0.235. The molecule has 0 radical (unpaired) electrons. The molecule has 0 spiro atoms. The first kappa shape index (κ1) is 28.2. The van der Waals surface area contributed by atoms with Gasteiger partial charge in [0, 0.05) is 0 Å². The van der Waals surface area contributed by atoms with Gasteiger partial charge >= 0.3 is 58.2 Å². The molecule has 4 saturated carbocycles. The second-order valence-electron chi connectivity index (χ2n) is 11.5. The summed E-state index contributed by atoms with van der Waals surface area (Å²) in [6, 6.07) is 0. The first-order valence-corrected chi connectivity index (χ1v) is 17.5. The van der Waals surface area contributed by atoms with E-state index >= 15 is 0 Å². The zero-order valence-corrected chi connectivity index (χ0v) is 28.0. The Kier molecular flexibility index (Phi) is 14.3. The van der Waals surface area contributed by atoms with Crippen molar-refractivity contribution in [2.45, 2.75) is 158 Å². The summed E-state index contributed by atoms with van der Waals surface area (Å²) in [6.07, 6.45) is 34.4. The van der Waals surface area contributed by atoms with Crippen molar-refractivity contribution in [1.82, 2.24) is 0 Å². The molecule has 0 aromatic rings. The van der Waals surface area contributed by atoms with Gasteiger partial charge in [-0.2, -0.15) is 19.2 Å². The van der Waals surface area contributed by atoms with E-state index in [0.717, 1.165) is 22.6 Å². The van der Waals surface area contributed by atoms with Gasteiger partial charge in [-0.05, 0) is 74.0 Å². The Balaban J connectivity index is 0.00000272. The zero-order valence-electron chi connectivity index (χ0n) is 21.3. The fourth-order valence-corrected chi connectivity index (χ4v) is 15.4. The van der Waals surface area contributed by atoms with Crippen LogP contribution >= 0.6 is 15.8 Å². The fourth-order valence-electron chi connectivity index (χ4n) is 7.44. The summed E-state index contributed by atoms with van der Waals surface area (Å²) in [6.45, 7) is 2.64. The van der Waals surface area contributed by atoms with Gasteiger partial charge in [-0.3, -0.25) is 0 Å². The molecule has 4 rings (SSSR count). The van der Waals surface area contributed by atoms with Crippen LogP contribution in [0.25, 0.3) is 0 Å². The Morgan fingerprint density at radius 1 is 0.452 bits per heavy atom. The number of hydrogen-bond acceptors (Lipinski definition) is 0. The van der Waals surface area contributed by atoms with E-state index in [4.69, 9.17) is 0 Å². The molecule has 0 heterocycles. The Labute approximate surface area is 247 Å². The summed E-state index contributed by atoms with van der Waals surface area (Å²) in [4.78, 5) is 0. The van der Waals surface area contributed by atoms with Crippen LogP contribution in [0.3, 0.4) is 0 Å². The molecule has 0 aromatic carbocycles. The molecule has 174 valence electrons. The van der Waals surface area contributed by atoms with Gasteiger partial charge in [0.05, 0.1) is 0 Å². The van der Waals surface area contributed by atoms with E-state index in [0.29, 0.717) is 0 Å². The van der Waals surface area contributed by atoms with Crippen molar-refractivity contribution in [2.24, 2.45) is 0 Å². The van der Waals surface area contributed by atoms with E-state index in [1.807, 2.05) is 5.92 Å². The van der Waals surface area contributed by atoms with Crippen molar-refractivity contribution in [3.05, 3.63) is 5.92 Å². The van der Waals surface area contributed by atoms with Gasteiger partial charge in [-0.25, -0.2) is 0 Å². The van der Waals surface area contributed by atoms with Crippen LogP contribution in [0.1, 0.15) is 135 Å². The molecular formula is C28H51P2Rb. The van der Waals surface area contributed by atoms with Gasteiger partial charge in [-0.1, -0.05) is 77.0 Å². The van der Waals surface area contributed by atoms with Crippen LogP contribution in [-0.4, -0.2) is 35.0 Å². The summed E-state index contributed by atoms with van der Waals surface area (Å²) < 4.78 is 0. The molecule has 0 amide bonds. The van der Waals surface area contributed by atoms with E-state index in [1.165, 1.54) is 25.7 Å². The molecule has 0 aliphatic heterocycles. The van der Waals surface area contributed by atoms with Crippen LogP contribution in [0.2, 0.25) is 0 Å². The molecule has 4 aliphatic carbocycles. The standard InChI is InChI=1S/C28H51P2.Rb/c1-24(22-29(25-14-6-2-7-15-25)26-16-8-3-9-17-26)23-30(27-18-10-4-11-19-27)28-20-12-5-13-21-28;/h25-28H,2-23H2,1H3;/q-1;+1. The predicted molar refractivity (Wildman–Crippen MR) is 140 cm³/mol. The SMILES string of the molecule is C[C-](CP(C1CCCCC1)C1CCCCC1)CP(C1CCCCC1)C1CCCCC1.[Rb+]. The third-order valence-electron chi connectivity index (χ3n) is 9.08. The molecule has 0 nitrogen and oxygen atoms in total. The van der Waals surface area contributed by atoms with Gasteiger partial charge in [0.15, 0.2) is 0 Å². The van der Waals surface area contributed by atoms with E-state index in [-0.39, 0.29) is 74.0 Å². The molecular weight excluding hydrogens is 484 g/mol. The van der Waals surface area contributed by atoms with Gasteiger partial charge in [0.25, 0.3) is 0 Å². The van der Waals surface area contributed by atoms with Crippen molar-refractivity contribution in [1.29, 1.82) is 0 Å². The maximum atomic E-state index is 2.64. The second kappa shape index (κ2) is 15.7. The summed E-state index contributed by atoms with van der Waals surface area (Å²) in [5.74, 6) is 1.99. The van der Waals surface area contributed by atoms with Gasteiger partial charge in [0.1, 0.15) is 0 Å². The molecule has 31 heavy (non-hydrogen) atoms. The minimum atomic E-state index is 0. The van der Waals surface area contributed by atoms with Crippen LogP contribution < -0.4 is 58.2 Å². The Morgan fingerprint density at radius 2 is 0.677 bits per heavy atom. The number of rotatable bonds is 8. The monoisotopic (exact) mass is 534 g/mol. The Hall–Kier alpha value is 2.67. The Morgan fingerprint density at radius 3 is 0.903 bits per heavy atom. The maximum absolute atomic E-state index is 2.64. The van der Waals surface area contributed by atoms with Crippen molar-refractivity contribution in [3.63, 3.8) is 0 Å². The topological polar surface area (TPSA) is 0 Å². The van der Waals surface area contributed by atoms with Gasteiger partial charge in [-0.15, -0.1) is 15.8 Å². The molecule has 4 aliphatic rings. The van der Waals surface area contributed by atoms with Crippen LogP contribution in [0.15, 0.2) is 0 Å². The molecule has 0 unspecified atom stereocenters. The van der Waals surface area contributed by atoms with Crippen molar-refractivity contribution >= 4 is 15.8 Å².